The van der Waals surface area contributed by atoms with Gasteiger partial charge in [0, 0.05) is 19.8 Å². The molecule has 0 saturated carbocycles. The lowest BCUT2D eigenvalue weighted by atomic mass is 9.88. The Morgan fingerprint density at radius 3 is 2.94 bits per heavy atom. The fourth-order valence-corrected chi connectivity index (χ4v) is 1.69. The van der Waals surface area contributed by atoms with E-state index in [0.29, 0.717) is 18.9 Å². The predicted molar refractivity (Wildman–Crippen MR) is 60.6 cm³/mol. The molecule has 0 aromatic rings. The molecule has 0 radical (unpaired) electrons. The van der Waals surface area contributed by atoms with Crippen molar-refractivity contribution >= 4 is 5.91 Å². The van der Waals surface area contributed by atoms with Crippen molar-refractivity contribution in [1.29, 1.82) is 5.26 Å². The number of carbonyl (C=O) groups excluding carboxylic acids is 1. The number of nitrogens with one attached hydrogen (secondary N) is 1. The van der Waals surface area contributed by atoms with Crippen molar-refractivity contribution in [3.8, 4) is 6.07 Å². The summed E-state index contributed by atoms with van der Waals surface area (Å²) < 4.78 is 5.26. The molecule has 4 nitrogen and oxygen atoms in total. The Bertz CT molecular complexity index is 279. The first-order valence-electron chi connectivity index (χ1n) is 5.89. The van der Waals surface area contributed by atoms with Crippen molar-refractivity contribution in [2.45, 2.75) is 33.1 Å². The quantitative estimate of drug-likeness (QED) is 0.769. The van der Waals surface area contributed by atoms with Crippen LogP contribution in [0.3, 0.4) is 0 Å². The van der Waals surface area contributed by atoms with Gasteiger partial charge in [-0.3, -0.25) is 4.79 Å². The van der Waals surface area contributed by atoms with E-state index in [1.807, 2.05) is 6.92 Å². The van der Waals surface area contributed by atoms with Crippen molar-refractivity contribution in [2.75, 3.05) is 19.8 Å². The van der Waals surface area contributed by atoms with E-state index in [1.54, 1.807) is 6.92 Å². The van der Waals surface area contributed by atoms with E-state index >= 15 is 0 Å². The standard InChI is InChI=1S/C12H20N2O2/c1-3-12(2,9-13)11(15)14-6-4-10-5-7-16-8-10/h10H,3-8H2,1-2H3,(H,14,15). The molecule has 1 saturated heterocycles. The third-order valence-corrected chi connectivity index (χ3v) is 3.32. The molecular formula is C12H20N2O2. The Balaban J connectivity index is 2.26. The SMILES string of the molecule is CCC(C)(C#N)C(=O)NCCC1CCOC1. The number of ether oxygens (including phenoxy) is 1. The van der Waals surface area contributed by atoms with Gasteiger partial charge in [0.15, 0.2) is 0 Å². The van der Waals surface area contributed by atoms with Crippen LogP contribution in [0.4, 0.5) is 0 Å². The van der Waals surface area contributed by atoms with Gasteiger partial charge in [0.2, 0.25) is 5.91 Å². The first-order valence-corrected chi connectivity index (χ1v) is 5.89. The smallest absolute Gasteiger partial charge is 0.240 e. The minimum atomic E-state index is -0.883. The summed E-state index contributed by atoms with van der Waals surface area (Å²) in [6, 6.07) is 2.07. The number of nitriles is 1. The van der Waals surface area contributed by atoms with Crippen LogP contribution in [-0.4, -0.2) is 25.7 Å². The zero-order valence-corrected chi connectivity index (χ0v) is 10.1. The molecule has 16 heavy (non-hydrogen) atoms. The molecule has 2 unspecified atom stereocenters. The summed E-state index contributed by atoms with van der Waals surface area (Å²) in [7, 11) is 0. The van der Waals surface area contributed by atoms with E-state index in [2.05, 4.69) is 11.4 Å². The average molecular weight is 224 g/mol. The maximum absolute atomic E-state index is 11.7. The molecule has 1 N–H and O–H groups in total. The molecule has 1 heterocycles. The highest BCUT2D eigenvalue weighted by Crippen LogP contribution is 2.20. The third-order valence-electron chi connectivity index (χ3n) is 3.32. The van der Waals surface area contributed by atoms with Crippen LogP contribution in [0.15, 0.2) is 0 Å². The van der Waals surface area contributed by atoms with Crippen molar-refractivity contribution in [2.24, 2.45) is 11.3 Å². The van der Waals surface area contributed by atoms with Gasteiger partial charge in [0.05, 0.1) is 6.07 Å². The molecule has 0 bridgehead atoms. The molecule has 1 aliphatic heterocycles. The lowest BCUT2D eigenvalue weighted by Gasteiger charge is -2.19. The summed E-state index contributed by atoms with van der Waals surface area (Å²) in [6.07, 6.45) is 2.57. The van der Waals surface area contributed by atoms with E-state index < -0.39 is 5.41 Å². The van der Waals surface area contributed by atoms with Crippen LogP contribution in [-0.2, 0) is 9.53 Å². The normalized spacial score (nSPS) is 23.4. The number of hydrogen-bond acceptors (Lipinski definition) is 3. The highest BCUT2D eigenvalue weighted by molar-refractivity contribution is 5.84. The van der Waals surface area contributed by atoms with Crippen molar-refractivity contribution < 1.29 is 9.53 Å². The Labute approximate surface area is 97.0 Å². The van der Waals surface area contributed by atoms with Gasteiger partial charge in [-0.15, -0.1) is 0 Å². The molecular weight excluding hydrogens is 204 g/mol. The van der Waals surface area contributed by atoms with Crippen LogP contribution in [0.1, 0.15) is 33.1 Å². The number of carbonyl (C=O) groups is 1. The minimum absolute atomic E-state index is 0.156. The molecule has 0 aromatic carbocycles. The number of amides is 1. The van der Waals surface area contributed by atoms with E-state index in [0.717, 1.165) is 26.1 Å². The summed E-state index contributed by atoms with van der Waals surface area (Å²) in [5.74, 6) is 0.409. The van der Waals surface area contributed by atoms with Crippen LogP contribution in [0.25, 0.3) is 0 Å². The molecule has 1 fully saturated rings. The summed E-state index contributed by atoms with van der Waals surface area (Å²) in [5, 5.41) is 11.8. The van der Waals surface area contributed by atoms with Gasteiger partial charge in [-0.05, 0) is 32.1 Å². The Morgan fingerprint density at radius 1 is 1.69 bits per heavy atom. The van der Waals surface area contributed by atoms with Crippen LogP contribution < -0.4 is 5.32 Å². The molecule has 4 heteroatoms. The summed E-state index contributed by atoms with van der Waals surface area (Å²) in [5.41, 5.74) is -0.883. The highest BCUT2D eigenvalue weighted by atomic mass is 16.5. The van der Waals surface area contributed by atoms with Crippen molar-refractivity contribution in [1.82, 2.24) is 5.32 Å². The summed E-state index contributed by atoms with van der Waals surface area (Å²) in [4.78, 5) is 11.7. The monoisotopic (exact) mass is 224 g/mol. The molecule has 1 rings (SSSR count). The van der Waals surface area contributed by atoms with Crippen molar-refractivity contribution in [3.05, 3.63) is 0 Å². The lowest BCUT2D eigenvalue weighted by Crippen LogP contribution is -2.38. The molecule has 2 atom stereocenters. The maximum Gasteiger partial charge on any atom is 0.240 e. The predicted octanol–water partition coefficient (Wildman–Crippen LogP) is 1.47. The maximum atomic E-state index is 11.7. The van der Waals surface area contributed by atoms with Gasteiger partial charge in [0.1, 0.15) is 5.41 Å². The van der Waals surface area contributed by atoms with Gasteiger partial charge in [-0.1, -0.05) is 6.92 Å². The highest BCUT2D eigenvalue weighted by Gasteiger charge is 2.30. The second-order valence-corrected chi connectivity index (χ2v) is 4.57. The first kappa shape index (κ1) is 13.0. The van der Waals surface area contributed by atoms with Gasteiger partial charge in [0.25, 0.3) is 0 Å². The second-order valence-electron chi connectivity index (χ2n) is 4.57. The van der Waals surface area contributed by atoms with E-state index in [4.69, 9.17) is 10.00 Å². The van der Waals surface area contributed by atoms with Gasteiger partial charge >= 0.3 is 0 Å². The first-order chi connectivity index (χ1) is 7.62. The van der Waals surface area contributed by atoms with E-state index in [1.165, 1.54) is 0 Å². The lowest BCUT2D eigenvalue weighted by molar-refractivity contribution is -0.127. The number of rotatable bonds is 5. The number of hydrogen-bond donors (Lipinski definition) is 1. The van der Waals surface area contributed by atoms with Gasteiger partial charge < -0.3 is 10.1 Å². The third kappa shape index (κ3) is 3.21. The van der Waals surface area contributed by atoms with Gasteiger partial charge in [-0.25, -0.2) is 0 Å². The second kappa shape index (κ2) is 5.86. The minimum Gasteiger partial charge on any atom is -0.381 e. The topological polar surface area (TPSA) is 62.1 Å². The summed E-state index contributed by atoms with van der Waals surface area (Å²) in [6.45, 7) is 5.82. The molecule has 1 amide bonds. The largest absolute Gasteiger partial charge is 0.381 e. The van der Waals surface area contributed by atoms with E-state index in [-0.39, 0.29) is 5.91 Å². The average Bonchev–Trinajstić information content (AvgIpc) is 2.80. The molecule has 0 spiro atoms. The van der Waals surface area contributed by atoms with Crippen molar-refractivity contribution in [3.63, 3.8) is 0 Å². The fourth-order valence-electron chi connectivity index (χ4n) is 1.69. The van der Waals surface area contributed by atoms with E-state index in [9.17, 15) is 4.79 Å². The fraction of sp³-hybridized carbons (Fsp3) is 0.833. The molecule has 0 aliphatic carbocycles. The zero-order chi connectivity index (χ0) is 12.0. The molecule has 1 aliphatic rings. The van der Waals surface area contributed by atoms with Gasteiger partial charge in [-0.2, -0.15) is 5.26 Å². The molecule has 0 aromatic heterocycles. The Morgan fingerprint density at radius 2 is 2.44 bits per heavy atom. The van der Waals surface area contributed by atoms with Crippen LogP contribution in [0.2, 0.25) is 0 Å². The Hall–Kier alpha value is -1.08. The van der Waals surface area contributed by atoms with Crippen LogP contribution >= 0.6 is 0 Å². The molecule has 90 valence electrons. The van der Waals surface area contributed by atoms with Crippen LogP contribution in [0, 0.1) is 22.7 Å². The summed E-state index contributed by atoms with van der Waals surface area (Å²) >= 11 is 0. The van der Waals surface area contributed by atoms with Crippen LogP contribution in [0.5, 0.6) is 0 Å². The zero-order valence-electron chi connectivity index (χ0n) is 10.1. The Kier molecular flexibility index (Phi) is 4.75. The number of nitrogens with zero attached hydrogens (tertiary/aromatic N) is 1.